The average molecular weight is 411 g/mol. The normalized spacial score (nSPS) is 11.8. The van der Waals surface area contributed by atoms with E-state index < -0.39 is 0 Å². The molecule has 0 radical (unpaired) electrons. The molecule has 0 saturated heterocycles. The minimum atomic E-state index is 0.886. The second-order valence-electron chi connectivity index (χ2n) is 7.83. The molecule has 0 saturated carbocycles. The van der Waals surface area contributed by atoms with E-state index in [0.29, 0.717) is 0 Å². The Morgan fingerprint density at radius 3 is 2.09 bits per heavy atom. The Bertz CT molecular complexity index is 1630. The molecule has 7 aromatic rings. The predicted molar refractivity (Wildman–Crippen MR) is 129 cm³/mol. The minimum absolute atomic E-state index is 0.886. The van der Waals surface area contributed by atoms with Gasteiger partial charge in [0.05, 0.1) is 22.2 Å². The molecule has 5 heteroatoms. The molecule has 0 amide bonds. The molecule has 0 bridgehead atoms. The van der Waals surface area contributed by atoms with Crippen LogP contribution in [-0.2, 0) is 0 Å². The molecule has 0 fully saturated rings. The largest absolute Gasteiger partial charge is 0.294 e. The summed E-state index contributed by atoms with van der Waals surface area (Å²) in [5.41, 5.74) is 7.05. The zero-order valence-electron chi connectivity index (χ0n) is 17.1. The van der Waals surface area contributed by atoms with Gasteiger partial charge in [-0.05, 0) is 48.5 Å². The average Bonchev–Trinajstić information content (AvgIpc) is 3.36. The van der Waals surface area contributed by atoms with E-state index in [4.69, 9.17) is 9.97 Å². The monoisotopic (exact) mass is 411 g/mol. The second kappa shape index (κ2) is 6.49. The van der Waals surface area contributed by atoms with Crippen LogP contribution in [0.5, 0.6) is 0 Å². The third-order valence-corrected chi connectivity index (χ3v) is 6.06. The summed E-state index contributed by atoms with van der Waals surface area (Å²) in [7, 11) is 0. The summed E-state index contributed by atoms with van der Waals surface area (Å²) in [6.45, 7) is 0. The van der Waals surface area contributed by atoms with Crippen molar-refractivity contribution >= 4 is 44.0 Å². The van der Waals surface area contributed by atoms with Crippen molar-refractivity contribution in [3.05, 3.63) is 104 Å². The zero-order chi connectivity index (χ0) is 21.1. The third kappa shape index (κ3) is 2.30. The molecule has 0 N–H and O–H groups in total. The lowest BCUT2D eigenvalue weighted by Crippen LogP contribution is -1.98. The molecule has 0 aliphatic rings. The van der Waals surface area contributed by atoms with Crippen LogP contribution in [-0.4, -0.2) is 24.1 Å². The fourth-order valence-electron chi connectivity index (χ4n) is 4.71. The van der Waals surface area contributed by atoms with Crippen molar-refractivity contribution in [2.75, 3.05) is 0 Å². The van der Waals surface area contributed by atoms with Gasteiger partial charge in [0.1, 0.15) is 11.3 Å². The maximum absolute atomic E-state index is 5.27. The van der Waals surface area contributed by atoms with Gasteiger partial charge in [0.15, 0.2) is 0 Å². The predicted octanol–water partition coefficient (Wildman–Crippen LogP) is 6.07. The Kier molecular flexibility index (Phi) is 3.49. The van der Waals surface area contributed by atoms with Crippen LogP contribution < -0.4 is 0 Å². The molecule has 150 valence electrons. The van der Waals surface area contributed by atoms with Crippen molar-refractivity contribution in [2.24, 2.45) is 0 Å². The van der Waals surface area contributed by atoms with Crippen molar-refractivity contribution in [3.63, 3.8) is 0 Å². The molecule has 5 nitrogen and oxygen atoms in total. The van der Waals surface area contributed by atoms with Gasteiger partial charge in [0.25, 0.3) is 0 Å². The molecule has 7 rings (SSSR count). The summed E-state index contributed by atoms with van der Waals surface area (Å²) in [4.78, 5) is 14.2. The van der Waals surface area contributed by atoms with Crippen LogP contribution in [0.25, 0.3) is 55.4 Å². The Morgan fingerprint density at radius 2 is 1.22 bits per heavy atom. The highest BCUT2D eigenvalue weighted by atomic mass is 15.1. The zero-order valence-corrected chi connectivity index (χ0v) is 17.1. The Hall–Kier alpha value is -4.51. The van der Waals surface area contributed by atoms with Crippen LogP contribution >= 0.6 is 0 Å². The van der Waals surface area contributed by atoms with Gasteiger partial charge in [-0.1, -0.05) is 36.4 Å². The molecule has 0 aliphatic heterocycles. The van der Waals surface area contributed by atoms with Gasteiger partial charge in [0.2, 0.25) is 0 Å². The molecule has 0 atom stereocenters. The van der Waals surface area contributed by atoms with Crippen molar-refractivity contribution in [3.8, 4) is 11.4 Å². The van der Waals surface area contributed by atoms with Crippen LogP contribution in [0.3, 0.4) is 0 Å². The molecule has 0 aliphatic carbocycles. The maximum Gasteiger partial charge on any atom is 0.149 e. The summed E-state index contributed by atoms with van der Waals surface area (Å²) < 4.78 is 4.41. The number of hydrogen-bond donors (Lipinski definition) is 0. The van der Waals surface area contributed by atoms with E-state index in [2.05, 4.69) is 74.8 Å². The molecule has 5 aromatic heterocycles. The van der Waals surface area contributed by atoms with Crippen molar-refractivity contribution in [1.29, 1.82) is 0 Å². The molecular weight excluding hydrogens is 394 g/mol. The van der Waals surface area contributed by atoms with Gasteiger partial charge in [0, 0.05) is 40.4 Å². The Labute approximate surface area is 183 Å². The van der Waals surface area contributed by atoms with E-state index in [1.807, 2.05) is 42.9 Å². The highest BCUT2D eigenvalue weighted by Gasteiger charge is 2.19. The number of hydrogen-bond acceptors (Lipinski definition) is 3. The molecular formula is C27H17N5. The van der Waals surface area contributed by atoms with E-state index in [1.54, 1.807) is 0 Å². The molecule has 0 unspecified atom stereocenters. The van der Waals surface area contributed by atoms with Gasteiger partial charge in [-0.2, -0.15) is 0 Å². The van der Waals surface area contributed by atoms with Crippen molar-refractivity contribution in [2.45, 2.75) is 0 Å². The number of aromatic nitrogens is 5. The topological polar surface area (TPSA) is 48.5 Å². The molecule has 32 heavy (non-hydrogen) atoms. The van der Waals surface area contributed by atoms with E-state index in [9.17, 15) is 0 Å². The first kappa shape index (κ1) is 17.2. The van der Waals surface area contributed by atoms with E-state index in [0.717, 1.165) is 50.0 Å². The van der Waals surface area contributed by atoms with Crippen LogP contribution in [0.1, 0.15) is 0 Å². The highest BCUT2D eigenvalue weighted by molar-refractivity contribution is 6.15. The van der Waals surface area contributed by atoms with Crippen molar-refractivity contribution in [1.82, 2.24) is 24.1 Å². The summed E-state index contributed by atoms with van der Waals surface area (Å²) >= 11 is 0. The van der Waals surface area contributed by atoms with Crippen LogP contribution in [0, 0.1) is 0 Å². The number of rotatable bonds is 2. The number of benzene rings is 2. The lowest BCUT2D eigenvalue weighted by Gasteiger charge is -2.08. The molecule has 5 heterocycles. The molecule has 2 aromatic carbocycles. The van der Waals surface area contributed by atoms with E-state index in [1.165, 1.54) is 5.39 Å². The summed E-state index contributed by atoms with van der Waals surface area (Å²) in [6.07, 6.45) is 5.46. The first-order valence-electron chi connectivity index (χ1n) is 10.6. The summed E-state index contributed by atoms with van der Waals surface area (Å²) in [6, 6.07) is 29.2. The van der Waals surface area contributed by atoms with Gasteiger partial charge >= 0.3 is 0 Å². The summed E-state index contributed by atoms with van der Waals surface area (Å²) in [5, 5.41) is 3.35. The minimum Gasteiger partial charge on any atom is -0.294 e. The SMILES string of the molecule is c1ccc(-n2c3ccccc3c3cc4c5ncccc5n(-c5ccncc5)c4nc32)cc1. The van der Waals surface area contributed by atoms with E-state index in [-0.39, 0.29) is 0 Å². The van der Waals surface area contributed by atoms with Gasteiger partial charge in [-0.15, -0.1) is 0 Å². The smallest absolute Gasteiger partial charge is 0.149 e. The Morgan fingerprint density at radius 1 is 0.531 bits per heavy atom. The first-order valence-corrected chi connectivity index (χ1v) is 10.6. The number of fused-ring (bicyclic) bond motifs is 6. The van der Waals surface area contributed by atoms with Crippen LogP contribution in [0.15, 0.2) is 104 Å². The van der Waals surface area contributed by atoms with E-state index >= 15 is 0 Å². The van der Waals surface area contributed by atoms with Gasteiger partial charge < -0.3 is 0 Å². The van der Waals surface area contributed by atoms with Crippen molar-refractivity contribution < 1.29 is 0 Å². The highest BCUT2D eigenvalue weighted by Crippen LogP contribution is 2.36. The second-order valence-corrected chi connectivity index (χ2v) is 7.83. The van der Waals surface area contributed by atoms with Gasteiger partial charge in [-0.3, -0.25) is 19.1 Å². The number of nitrogens with zero attached hydrogens (tertiary/aromatic N) is 5. The van der Waals surface area contributed by atoms with Crippen LogP contribution in [0.2, 0.25) is 0 Å². The summed E-state index contributed by atoms with van der Waals surface area (Å²) in [5.74, 6) is 0. The molecule has 0 spiro atoms. The fraction of sp³-hybridized carbons (Fsp3) is 0. The number of pyridine rings is 3. The lowest BCUT2D eigenvalue weighted by atomic mass is 10.1. The van der Waals surface area contributed by atoms with Crippen LogP contribution in [0.4, 0.5) is 0 Å². The quantitative estimate of drug-likeness (QED) is 0.347. The van der Waals surface area contributed by atoms with Gasteiger partial charge in [-0.25, -0.2) is 4.98 Å². The fourth-order valence-corrected chi connectivity index (χ4v) is 4.71. The standard InChI is InChI=1S/C27H17N5/c1-2-7-18(8-3-1)31-23-10-5-4-9-20(23)21-17-22-25-24(11-6-14-29-25)32(27(22)30-26(21)31)19-12-15-28-16-13-19/h1-17H. The Balaban J connectivity index is 1.71. The number of para-hydroxylation sites is 2. The lowest BCUT2D eigenvalue weighted by molar-refractivity contribution is 1.10. The maximum atomic E-state index is 5.27. The first-order chi connectivity index (χ1) is 15.9. The third-order valence-electron chi connectivity index (χ3n) is 6.06.